The number of ether oxygens (including phenoxy) is 2. The first-order valence-electron chi connectivity index (χ1n) is 10.2. The molecule has 2 aromatic heterocycles. The molecule has 2 aromatic carbocycles. The molecule has 168 valence electrons. The maximum atomic E-state index is 12.7. The Labute approximate surface area is 196 Å². The van der Waals surface area contributed by atoms with Gasteiger partial charge < -0.3 is 14.8 Å². The fourth-order valence-corrected chi connectivity index (χ4v) is 3.95. The molecule has 0 unspecified atom stereocenters. The Morgan fingerprint density at radius 2 is 1.76 bits per heavy atom. The first kappa shape index (κ1) is 22.3. The number of carbonyl (C=O) groups excluding carboxylic acids is 1. The Hall–Kier alpha value is -3.85. The maximum absolute atomic E-state index is 12.7. The number of methoxy groups -OCH3 is 2. The number of pyridine rings is 1. The van der Waals surface area contributed by atoms with Crippen LogP contribution in [0.5, 0.6) is 11.5 Å². The zero-order valence-corrected chi connectivity index (χ0v) is 19.3. The number of nitrogens with zero attached hydrogens (tertiary/aromatic N) is 4. The largest absolute Gasteiger partial charge is 0.497 e. The van der Waals surface area contributed by atoms with E-state index < -0.39 is 0 Å². The summed E-state index contributed by atoms with van der Waals surface area (Å²) in [5.41, 5.74) is 3.52. The fourth-order valence-electron chi connectivity index (χ4n) is 3.20. The molecule has 1 N–H and O–H groups in total. The fraction of sp³-hybridized carbons (Fsp3) is 0.167. The highest BCUT2D eigenvalue weighted by Crippen LogP contribution is 2.30. The average Bonchev–Trinajstić information content (AvgIpc) is 3.28. The lowest BCUT2D eigenvalue weighted by atomic mass is 10.2. The molecular formula is C24H23N5O3S. The smallest absolute Gasteiger partial charge is 0.234 e. The van der Waals surface area contributed by atoms with Crippen LogP contribution in [-0.4, -0.2) is 45.6 Å². The van der Waals surface area contributed by atoms with Gasteiger partial charge in [-0.15, -0.1) is 10.2 Å². The van der Waals surface area contributed by atoms with Crippen molar-refractivity contribution < 1.29 is 14.3 Å². The summed E-state index contributed by atoms with van der Waals surface area (Å²) in [5, 5.41) is 12.2. The van der Waals surface area contributed by atoms with E-state index in [1.54, 1.807) is 44.8 Å². The Balaban J connectivity index is 1.56. The maximum Gasteiger partial charge on any atom is 0.234 e. The molecule has 8 nitrogen and oxygen atoms in total. The Morgan fingerprint density at radius 1 is 1.00 bits per heavy atom. The molecule has 0 fully saturated rings. The third-order valence-electron chi connectivity index (χ3n) is 4.88. The molecule has 0 radical (unpaired) electrons. The van der Waals surface area contributed by atoms with Gasteiger partial charge in [0.2, 0.25) is 5.91 Å². The molecule has 0 saturated heterocycles. The highest BCUT2D eigenvalue weighted by molar-refractivity contribution is 7.99. The Bertz CT molecular complexity index is 1240. The van der Waals surface area contributed by atoms with Gasteiger partial charge in [0.15, 0.2) is 11.0 Å². The van der Waals surface area contributed by atoms with E-state index in [9.17, 15) is 4.79 Å². The van der Waals surface area contributed by atoms with Crippen molar-refractivity contribution in [2.75, 3.05) is 25.3 Å². The van der Waals surface area contributed by atoms with Crippen LogP contribution in [0.15, 0.2) is 72.1 Å². The van der Waals surface area contributed by atoms with Gasteiger partial charge in [0.25, 0.3) is 0 Å². The van der Waals surface area contributed by atoms with E-state index in [4.69, 9.17) is 9.47 Å². The van der Waals surface area contributed by atoms with Crippen LogP contribution in [0.4, 0.5) is 5.69 Å². The number of hydrogen-bond acceptors (Lipinski definition) is 7. The second-order valence-corrected chi connectivity index (χ2v) is 8.06. The zero-order valence-electron chi connectivity index (χ0n) is 18.5. The summed E-state index contributed by atoms with van der Waals surface area (Å²) in [6.45, 7) is 2.03. The normalized spacial score (nSPS) is 10.6. The third-order valence-corrected chi connectivity index (χ3v) is 5.81. The number of carbonyl (C=O) groups is 1. The SMILES string of the molecule is COc1ccc(NC(=O)CSc2nnc(-c3ccncc3)n2-c2ccc(C)cc2)c(OC)c1. The minimum absolute atomic E-state index is 0.148. The van der Waals surface area contributed by atoms with Crippen molar-refractivity contribution in [1.29, 1.82) is 0 Å². The molecular weight excluding hydrogens is 438 g/mol. The van der Waals surface area contributed by atoms with Crippen LogP contribution >= 0.6 is 11.8 Å². The summed E-state index contributed by atoms with van der Waals surface area (Å²) in [4.78, 5) is 16.8. The average molecular weight is 462 g/mol. The number of aryl methyl sites for hydroxylation is 1. The second-order valence-electron chi connectivity index (χ2n) is 7.12. The lowest BCUT2D eigenvalue weighted by Gasteiger charge is -2.12. The predicted octanol–water partition coefficient (Wildman–Crippen LogP) is 4.39. The van der Waals surface area contributed by atoms with Gasteiger partial charge in [-0.3, -0.25) is 14.3 Å². The lowest BCUT2D eigenvalue weighted by Crippen LogP contribution is -2.15. The summed E-state index contributed by atoms with van der Waals surface area (Å²) in [7, 11) is 3.12. The van der Waals surface area contributed by atoms with Crippen molar-refractivity contribution in [3.05, 3.63) is 72.6 Å². The molecule has 33 heavy (non-hydrogen) atoms. The second kappa shape index (κ2) is 10.2. The number of thioether (sulfide) groups is 1. The van der Waals surface area contributed by atoms with Crippen LogP contribution in [0.1, 0.15) is 5.56 Å². The number of aromatic nitrogens is 4. The molecule has 4 rings (SSSR count). The predicted molar refractivity (Wildman–Crippen MR) is 128 cm³/mol. The molecule has 0 saturated carbocycles. The topological polar surface area (TPSA) is 91.2 Å². The van der Waals surface area contributed by atoms with E-state index in [0.29, 0.717) is 28.2 Å². The van der Waals surface area contributed by atoms with Crippen LogP contribution in [0, 0.1) is 6.92 Å². The van der Waals surface area contributed by atoms with Gasteiger partial charge in [0.1, 0.15) is 11.5 Å². The van der Waals surface area contributed by atoms with Gasteiger partial charge in [-0.25, -0.2) is 0 Å². The first-order chi connectivity index (χ1) is 16.1. The number of benzene rings is 2. The molecule has 0 spiro atoms. The monoisotopic (exact) mass is 461 g/mol. The van der Waals surface area contributed by atoms with E-state index in [-0.39, 0.29) is 11.7 Å². The summed E-state index contributed by atoms with van der Waals surface area (Å²) in [6.07, 6.45) is 3.43. The highest BCUT2D eigenvalue weighted by atomic mass is 32.2. The van der Waals surface area contributed by atoms with E-state index in [1.807, 2.05) is 47.9 Å². The summed E-state index contributed by atoms with van der Waals surface area (Å²) in [6, 6.07) is 17.1. The standard InChI is InChI=1S/C24H23N5O3S/c1-16-4-6-18(7-5-16)29-23(17-10-12-25-13-11-17)27-28-24(29)33-15-22(30)26-20-9-8-19(31-2)14-21(20)32-3/h4-14H,15H2,1-3H3,(H,26,30). The van der Waals surface area contributed by atoms with Crippen molar-refractivity contribution in [1.82, 2.24) is 19.7 Å². The van der Waals surface area contributed by atoms with E-state index in [0.717, 1.165) is 16.8 Å². The summed E-state index contributed by atoms with van der Waals surface area (Å²) < 4.78 is 12.5. The van der Waals surface area contributed by atoms with Crippen molar-refractivity contribution in [3.8, 4) is 28.6 Å². The molecule has 1 amide bonds. The van der Waals surface area contributed by atoms with Crippen LogP contribution in [0.2, 0.25) is 0 Å². The number of anilines is 1. The number of amides is 1. The number of rotatable bonds is 8. The zero-order chi connectivity index (χ0) is 23.2. The van der Waals surface area contributed by atoms with Crippen LogP contribution < -0.4 is 14.8 Å². The van der Waals surface area contributed by atoms with Crippen LogP contribution in [-0.2, 0) is 4.79 Å². The quantitative estimate of drug-likeness (QED) is 0.389. The van der Waals surface area contributed by atoms with Gasteiger partial charge in [-0.1, -0.05) is 29.5 Å². The molecule has 0 bridgehead atoms. The van der Waals surface area contributed by atoms with Crippen molar-refractivity contribution in [2.24, 2.45) is 0 Å². The van der Waals surface area contributed by atoms with Crippen molar-refractivity contribution >= 4 is 23.4 Å². The molecule has 2 heterocycles. The third kappa shape index (κ3) is 5.15. The van der Waals surface area contributed by atoms with Gasteiger partial charge >= 0.3 is 0 Å². The molecule has 0 aliphatic rings. The molecule has 4 aromatic rings. The van der Waals surface area contributed by atoms with Gasteiger partial charge in [-0.05, 0) is 43.3 Å². The van der Waals surface area contributed by atoms with Crippen molar-refractivity contribution in [3.63, 3.8) is 0 Å². The van der Waals surface area contributed by atoms with Crippen LogP contribution in [0.3, 0.4) is 0 Å². The van der Waals surface area contributed by atoms with E-state index in [1.165, 1.54) is 11.8 Å². The van der Waals surface area contributed by atoms with Gasteiger partial charge in [0, 0.05) is 29.7 Å². The summed E-state index contributed by atoms with van der Waals surface area (Å²) >= 11 is 1.31. The van der Waals surface area contributed by atoms with E-state index in [2.05, 4.69) is 20.5 Å². The first-order valence-corrected chi connectivity index (χ1v) is 11.1. The van der Waals surface area contributed by atoms with E-state index >= 15 is 0 Å². The Morgan fingerprint density at radius 3 is 2.45 bits per heavy atom. The molecule has 0 aliphatic heterocycles. The van der Waals surface area contributed by atoms with Crippen LogP contribution in [0.25, 0.3) is 17.1 Å². The van der Waals surface area contributed by atoms with Crippen molar-refractivity contribution in [2.45, 2.75) is 12.1 Å². The summed E-state index contributed by atoms with van der Waals surface area (Å²) in [5.74, 6) is 1.81. The minimum atomic E-state index is -0.188. The number of nitrogens with one attached hydrogen (secondary N) is 1. The van der Waals surface area contributed by atoms with Gasteiger partial charge in [-0.2, -0.15) is 0 Å². The Kier molecular flexibility index (Phi) is 6.89. The highest BCUT2D eigenvalue weighted by Gasteiger charge is 2.18. The lowest BCUT2D eigenvalue weighted by molar-refractivity contribution is -0.113. The number of hydrogen-bond donors (Lipinski definition) is 1. The minimum Gasteiger partial charge on any atom is -0.497 e. The van der Waals surface area contributed by atoms with Gasteiger partial charge in [0.05, 0.1) is 25.7 Å². The molecule has 9 heteroatoms. The molecule has 0 aliphatic carbocycles. The molecule has 0 atom stereocenters.